The highest BCUT2D eigenvalue weighted by Crippen LogP contribution is 2.28. The van der Waals surface area contributed by atoms with Crippen LogP contribution in [0.1, 0.15) is 18.9 Å². The van der Waals surface area contributed by atoms with Crippen molar-refractivity contribution >= 4 is 29.1 Å². The Hall–Kier alpha value is -3.22. The van der Waals surface area contributed by atoms with E-state index in [1.807, 2.05) is 18.2 Å². The molecule has 1 aliphatic heterocycles. The molecule has 3 rings (SSSR count). The predicted octanol–water partition coefficient (Wildman–Crippen LogP) is 2.09. The van der Waals surface area contributed by atoms with Crippen molar-refractivity contribution in [1.29, 1.82) is 0 Å². The quantitative estimate of drug-likeness (QED) is 0.832. The Balaban J connectivity index is 1.61. The number of benzene rings is 1. The van der Waals surface area contributed by atoms with E-state index in [1.54, 1.807) is 47.4 Å². The average Bonchev–Trinajstić information content (AvgIpc) is 3.07. The summed E-state index contributed by atoms with van der Waals surface area (Å²) in [6.45, 7) is 2.37. The Morgan fingerprint density at radius 1 is 1.25 bits per heavy atom. The number of amides is 3. The number of rotatable bonds is 6. The molecule has 1 unspecified atom stereocenters. The summed E-state index contributed by atoms with van der Waals surface area (Å²) in [4.78, 5) is 43.8. The third-order valence-corrected chi connectivity index (χ3v) is 4.81. The lowest BCUT2D eigenvalue weighted by atomic mass is 10.1. The number of pyridine rings is 1. The van der Waals surface area contributed by atoms with Crippen LogP contribution in [0.4, 0.5) is 11.4 Å². The summed E-state index contributed by atoms with van der Waals surface area (Å²) in [5.74, 6) is -0.642. The van der Waals surface area contributed by atoms with E-state index < -0.39 is 0 Å². The fourth-order valence-electron chi connectivity index (χ4n) is 3.35. The van der Waals surface area contributed by atoms with Crippen LogP contribution in [-0.2, 0) is 20.8 Å². The molecule has 7 heteroatoms. The number of anilines is 2. The minimum atomic E-state index is -0.362. The third kappa shape index (κ3) is 4.73. The first kappa shape index (κ1) is 19.5. The van der Waals surface area contributed by atoms with Crippen LogP contribution in [0.2, 0.25) is 0 Å². The highest BCUT2D eigenvalue weighted by Gasteiger charge is 2.36. The van der Waals surface area contributed by atoms with Gasteiger partial charge in [0.25, 0.3) is 0 Å². The van der Waals surface area contributed by atoms with Crippen LogP contribution in [0.15, 0.2) is 48.8 Å². The molecule has 0 saturated carbocycles. The SMILES string of the molecule is CC(=O)Nc1cccc(N2CC(C(=O)N(C)CCc3ccncc3)CC2=O)c1. The summed E-state index contributed by atoms with van der Waals surface area (Å²) in [5.41, 5.74) is 2.43. The number of hydrogen-bond acceptors (Lipinski definition) is 4. The van der Waals surface area contributed by atoms with Crippen molar-refractivity contribution in [3.63, 3.8) is 0 Å². The van der Waals surface area contributed by atoms with Gasteiger partial charge < -0.3 is 15.1 Å². The van der Waals surface area contributed by atoms with Gasteiger partial charge in [-0.15, -0.1) is 0 Å². The lowest BCUT2D eigenvalue weighted by Gasteiger charge is -2.22. The number of nitrogens with zero attached hydrogens (tertiary/aromatic N) is 3. The highest BCUT2D eigenvalue weighted by molar-refractivity contribution is 6.01. The van der Waals surface area contributed by atoms with Crippen LogP contribution in [0.5, 0.6) is 0 Å². The van der Waals surface area contributed by atoms with Crippen molar-refractivity contribution in [2.45, 2.75) is 19.8 Å². The summed E-state index contributed by atoms with van der Waals surface area (Å²) >= 11 is 0. The number of aromatic nitrogens is 1. The molecule has 2 aromatic rings. The second-order valence-electron chi connectivity index (χ2n) is 7.00. The molecule has 2 heterocycles. The second-order valence-corrected chi connectivity index (χ2v) is 7.00. The molecule has 1 N–H and O–H groups in total. The molecule has 1 aromatic carbocycles. The van der Waals surface area contributed by atoms with E-state index in [2.05, 4.69) is 10.3 Å². The van der Waals surface area contributed by atoms with Gasteiger partial charge >= 0.3 is 0 Å². The van der Waals surface area contributed by atoms with E-state index in [0.29, 0.717) is 24.5 Å². The molecule has 0 aliphatic carbocycles. The van der Waals surface area contributed by atoms with Crippen molar-refractivity contribution < 1.29 is 14.4 Å². The minimum absolute atomic E-state index is 0.0251. The zero-order valence-electron chi connectivity index (χ0n) is 16.1. The van der Waals surface area contributed by atoms with Gasteiger partial charge in [0.2, 0.25) is 17.7 Å². The Morgan fingerprint density at radius 3 is 2.71 bits per heavy atom. The summed E-state index contributed by atoms with van der Waals surface area (Å²) in [6, 6.07) is 11.0. The molecule has 7 nitrogen and oxygen atoms in total. The monoisotopic (exact) mass is 380 g/mol. The van der Waals surface area contributed by atoms with Crippen molar-refractivity contribution in [1.82, 2.24) is 9.88 Å². The maximum Gasteiger partial charge on any atom is 0.227 e. The summed E-state index contributed by atoms with van der Waals surface area (Å²) in [7, 11) is 1.77. The Bertz CT molecular complexity index is 869. The summed E-state index contributed by atoms with van der Waals surface area (Å²) in [6.07, 6.45) is 4.41. The Labute approximate surface area is 164 Å². The predicted molar refractivity (Wildman–Crippen MR) is 107 cm³/mol. The molecule has 28 heavy (non-hydrogen) atoms. The first-order valence-electron chi connectivity index (χ1n) is 9.26. The van der Waals surface area contributed by atoms with E-state index in [1.165, 1.54) is 6.92 Å². The van der Waals surface area contributed by atoms with Gasteiger partial charge in [0.15, 0.2) is 0 Å². The van der Waals surface area contributed by atoms with Gasteiger partial charge in [0, 0.05) is 57.3 Å². The van der Waals surface area contributed by atoms with Gasteiger partial charge in [0.1, 0.15) is 0 Å². The largest absolute Gasteiger partial charge is 0.345 e. The standard InChI is InChI=1S/C21H24N4O3/c1-15(26)23-18-4-3-5-19(13-18)25-14-17(12-20(25)27)21(28)24(2)11-8-16-6-9-22-10-7-16/h3-7,9-10,13,17H,8,11-12,14H2,1-2H3,(H,23,26). The first-order valence-corrected chi connectivity index (χ1v) is 9.26. The maximum atomic E-state index is 12.8. The smallest absolute Gasteiger partial charge is 0.227 e. The van der Waals surface area contributed by atoms with Gasteiger partial charge in [-0.1, -0.05) is 6.07 Å². The topological polar surface area (TPSA) is 82.6 Å². The molecule has 1 fully saturated rings. The molecule has 0 spiro atoms. The third-order valence-electron chi connectivity index (χ3n) is 4.81. The highest BCUT2D eigenvalue weighted by atomic mass is 16.2. The van der Waals surface area contributed by atoms with Gasteiger partial charge in [0.05, 0.1) is 5.92 Å². The van der Waals surface area contributed by atoms with Crippen molar-refractivity contribution in [3.8, 4) is 0 Å². The molecular weight excluding hydrogens is 356 g/mol. The zero-order valence-corrected chi connectivity index (χ0v) is 16.1. The van der Waals surface area contributed by atoms with Crippen molar-refractivity contribution in [2.24, 2.45) is 5.92 Å². The van der Waals surface area contributed by atoms with Gasteiger partial charge in [-0.05, 0) is 42.3 Å². The number of nitrogens with one attached hydrogen (secondary N) is 1. The van der Waals surface area contributed by atoms with Crippen LogP contribution >= 0.6 is 0 Å². The lowest BCUT2D eigenvalue weighted by Crippen LogP contribution is -2.36. The number of likely N-dealkylation sites (N-methyl/N-ethyl adjacent to an activating group) is 1. The Morgan fingerprint density at radius 2 is 2.00 bits per heavy atom. The molecule has 1 aliphatic rings. The van der Waals surface area contributed by atoms with E-state index >= 15 is 0 Å². The van der Waals surface area contributed by atoms with E-state index in [4.69, 9.17) is 0 Å². The fraction of sp³-hybridized carbons (Fsp3) is 0.333. The molecule has 146 valence electrons. The van der Waals surface area contributed by atoms with Crippen LogP contribution < -0.4 is 10.2 Å². The van der Waals surface area contributed by atoms with E-state index in [9.17, 15) is 14.4 Å². The first-order chi connectivity index (χ1) is 13.4. The van der Waals surface area contributed by atoms with Crippen LogP contribution in [0.3, 0.4) is 0 Å². The van der Waals surface area contributed by atoms with Crippen LogP contribution in [0, 0.1) is 5.92 Å². The fourth-order valence-corrected chi connectivity index (χ4v) is 3.35. The molecule has 0 radical (unpaired) electrons. The Kier molecular flexibility index (Phi) is 6.03. The van der Waals surface area contributed by atoms with Crippen molar-refractivity contribution in [3.05, 3.63) is 54.4 Å². The molecule has 1 aromatic heterocycles. The van der Waals surface area contributed by atoms with Crippen LogP contribution in [-0.4, -0.2) is 47.7 Å². The van der Waals surface area contributed by atoms with Crippen molar-refractivity contribution in [2.75, 3.05) is 30.4 Å². The summed E-state index contributed by atoms with van der Waals surface area (Å²) in [5, 5.41) is 2.71. The second kappa shape index (κ2) is 8.65. The number of carbonyl (C=O) groups is 3. The normalized spacial score (nSPS) is 16.1. The lowest BCUT2D eigenvalue weighted by molar-refractivity contribution is -0.134. The molecule has 1 atom stereocenters. The maximum absolute atomic E-state index is 12.8. The average molecular weight is 380 g/mol. The molecule has 3 amide bonds. The number of hydrogen-bond donors (Lipinski definition) is 1. The minimum Gasteiger partial charge on any atom is -0.345 e. The molecular formula is C21H24N4O3. The number of carbonyl (C=O) groups excluding carboxylic acids is 3. The zero-order chi connectivity index (χ0) is 20.1. The van der Waals surface area contributed by atoms with Gasteiger partial charge in [-0.2, -0.15) is 0 Å². The molecule has 1 saturated heterocycles. The van der Waals surface area contributed by atoms with Crippen LogP contribution in [0.25, 0.3) is 0 Å². The van der Waals surface area contributed by atoms with E-state index in [-0.39, 0.29) is 30.1 Å². The van der Waals surface area contributed by atoms with Gasteiger partial charge in [-0.25, -0.2) is 0 Å². The molecule has 0 bridgehead atoms. The van der Waals surface area contributed by atoms with Gasteiger partial charge in [-0.3, -0.25) is 19.4 Å². The van der Waals surface area contributed by atoms with E-state index in [0.717, 1.165) is 12.0 Å². The summed E-state index contributed by atoms with van der Waals surface area (Å²) < 4.78 is 0.